The van der Waals surface area contributed by atoms with Crippen molar-refractivity contribution in [3.63, 3.8) is 0 Å². The summed E-state index contributed by atoms with van der Waals surface area (Å²) in [6, 6.07) is 12.1. The van der Waals surface area contributed by atoms with E-state index in [-0.39, 0.29) is 24.1 Å². The first-order chi connectivity index (χ1) is 13.0. The molecule has 1 heterocycles. The molecular weight excluding hydrogens is 397 g/mol. The highest BCUT2D eigenvalue weighted by molar-refractivity contribution is 7.22. The molecule has 0 unspecified atom stereocenters. The van der Waals surface area contributed by atoms with Gasteiger partial charge in [0.1, 0.15) is 5.82 Å². The number of hydrogen-bond donors (Lipinski definition) is 0. The van der Waals surface area contributed by atoms with Crippen LogP contribution in [-0.4, -0.2) is 42.0 Å². The van der Waals surface area contributed by atoms with Crippen LogP contribution in [0, 0.1) is 12.7 Å². The summed E-state index contributed by atoms with van der Waals surface area (Å²) in [5.41, 5.74) is 2.45. The number of anilines is 1. The minimum Gasteiger partial charge on any atom is -0.302 e. The normalized spacial score (nSPS) is 10.9. The Morgan fingerprint density at radius 1 is 1.07 bits per heavy atom. The third kappa shape index (κ3) is 5.07. The van der Waals surface area contributed by atoms with E-state index in [1.165, 1.54) is 23.5 Å². The van der Waals surface area contributed by atoms with Crippen molar-refractivity contribution in [3.8, 4) is 0 Å². The van der Waals surface area contributed by atoms with Gasteiger partial charge in [0.15, 0.2) is 5.13 Å². The van der Waals surface area contributed by atoms with Crippen LogP contribution < -0.4 is 4.90 Å². The second kappa shape index (κ2) is 9.96. The van der Waals surface area contributed by atoms with Crippen LogP contribution in [0.1, 0.15) is 29.8 Å². The van der Waals surface area contributed by atoms with Gasteiger partial charge in [0.2, 0.25) is 0 Å². The number of carbonyl (C=O) groups excluding carboxylic acids is 1. The second-order valence-electron chi connectivity index (χ2n) is 6.46. The van der Waals surface area contributed by atoms with E-state index in [1.807, 2.05) is 31.2 Å². The molecule has 0 saturated heterocycles. The van der Waals surface area contributed by atoms with Crippen LogP contribution in [-0.2, 0) is 0 Å². The van der Waals surface area contributed by atoms with E-state index in [9.17, 15) is 9.18 Å². The van der Waals surface area contributed by atoms with Crippen molar-refractivity contribution in [2.45, 2.75) is 20.8 Å². The first-order valence-corrected chi connectivity index (χ1v) is 10.0. The number of benzene rings is 2. The first kappa shape index (κ1) is 22.3. The summed E-state index contributed by atoms with van der Waals surface area (Å²) in [5, 5.41) is 0.605. The van der Waals surface area contributed by atoms with Crippen molar-refractivity contribution in [1.82, 2.24) is 9.88 Å². The molecule has 7 heteroatoms. The molecule has 0 atom stereocenters. The predicted molar refractivity (Wildman–Crippen MR) is 117 cm³/mol. The van der Waals surface area contributed by atoms with Gasteiger partial charge in [-0.15, -0.1) is 12.4 Å². The van der Waals surface area contributed by atoms with Gasteiger partial charge < -0.3 is 4.90 Å². The summed E-state index contributed by atoms with van der Waals surface area (Å²) in [4.78, 5) is 21.8. The minimum absolute atomic E-state index is 0. The number of nitrogens with zero attached hydrogens (tertiary/aromatic N) is 3. The molecule has 28 heavy (non-hydrogen) atoms. The van der Waals surface area contributed by atoms with Gasteiger partial charge in [-0.25, -0.2) is 9.37 Å². The zero-order valence-corrected chi connectivity index (χ0v) is 17.9. The Bertz CT molecular complexity index is 925. The van der Waals surface area contributed by atoms with Crippen LogP contribution in [0.4, 0.5) is 9.52 Å². The lowest BCUT2D eigenvalue weighted by atomic mass is 10.1. The Morgan fingerprint density at radius 3 is 2.39 bits per heavy atom. The fourth-order valence-corrected chi connectivity index (χ4v) is 3.93. The zero-order chi connectivity index (χ0) is 19.4. The molecule has 0 radical (unpaired) electrons. The lowest BCUT2D eigenvalue weighted by molar-refractivity contribution is 0.0984. The summed E-state index contributed by atoms with van der Waals surface area (Å²) < 4.78 is 14.3. The van der Waals surface area contributed by atoms with Crippen LogP contribution in [0.2, 0.25) is 0 Å². The third-order valence-corrected chi connectivity index (χ3v) is 5.69. The number of fused-ring (bicyclic) bond motifs is 1. The Kier molecular flexibility index (Phi) is 7.92. The number of carbonyl (C=O) groups is 1. The SMILES string of the molecule is CCN(CC)CCN(C(=O)c1ccc(C)cc1)c1nc2ccc(F)cc2s1.Cl. The molecule has 3 rings (SSSR count). The molecule has 0 saturated carbocycles. The van der Waals surface area contributed by atoms with Gasteiger partial charge in [-0.05, 0) is 50.3 Å². The summed E-state index contributed by atoms with van der Waals surface area (Å²) in [7, 11) is 0. The average molecular weight is 422 g/mol. The molecule has 3 aromatic rings. The summed E-state index contributed by atoms with van der Waals surface area (Å²) in [6.07, 6.45) is 0. The Labute approximate surface area is 175 Å². The standard InChI is InChI=1S/C21H24FN3OS.ClH/c1-4-24(5-2)12-13-25(20(26)16-8-6-15(3)7-9-16)21-23-18-11-10-17(22)14-19(18)27-21;/h6-11,14H,4-5,12-13H2,1-3H3;1H. The van der Waals surface area contributed by atoms with E-state index in [0.717, 1.165) is 29.9 Å². The van der Waals surface area contributed by atoms with Crippen LogP contribution >= 0.6 is 23.7 Å². The number of rotatable bonds is 7. The number of halogens is 2. The summed E-state index contributed by atoms with van der Waals surface area (Å²) >= 11 is 1.35. The number of thiazole rings is 1. The number of aryl methyl sites for hydroxylation is 1. The van der Waals surface area contributed by atoms with E-state index < -0.39 is 0 Å². The quantitative estimate of drug-likeness (QED) is 0.529. The highest BCUT2D eigenvalue weighted by atomic mass is 35.5. The molecule has 0 bridgehead atoms. The number of amides is 1. The van der Waals surface area contributed by atoms with E-state index in [0.29, 0.717) is 22.8 Å². The molecule has 150 valence electrons. The maximum absolute atomic E-state index is 13.5. The molecule has 1 amide bonds. The first-order valence-electron chi connectivity index (χ1n) is 9.18. The average Bonchev–Trinajstić information content (AvgIpc) is 3.08. The van der Waals surface area contributed by atoms with E-state index in [4.69, 9.17) is 0 Å². The molecular formula is C21H25ClFN3OS. The van der Waals surface area contributed by atoms with Crippen LogP contribution in [0.15, 0.2) is 42.5 Å². The topological polar surface area (TPSA) is 36.4 Å². The summed E-state index contributed by atoms with van der Waals surface area (Å²) in [6.45, 7) is 9.36. The Morgan fingerprint density at radius 2 is 1.75 bits per heavy atom. The molecule has 4 nitrogen and oxygen atoms in total. The molecule has 0 aliphatic heterocycles. The fraction of sp³-hybridized carbons (Fsp3) is 0.333. The maximum atomic E-state index is 13.5. The van der Waals surface area contributed by atoms with E-state index in [1.54, 1.807) is 11.0 Å². The van der Waals surface area contributed by atoms with Gasteiger partial charge in [0.05, 0.1) is 10.2 Å². The largest absolute Gasteiger partial charge is 0.302 e. The van der Waals surface area contributed by atoms with Gasteiger partial charge in [0, 0.05) is 18.7 Å². The second-order valence-corrected chi connectivity index (χ2v) is 7.47. The highest BCUT2D eigenvalue weighted by Gasteiger charge is 2.22. The number of hydrogen-bond acceptors (Lipinski definition) is 4. The molecule has 0 spiro atoms. The fourth-order valence-electron chi connectivity index (χ4n) is 2.92. The van der Waals surface area contributed by atoms with E-state index in [2.05, 4.69) is 23.7 Å². The molecule has 0 aliphatic carbocycles. The van der Waals surface area contributed by atoms with Crippen LogP contribution in [0.5, 0.6) is 0 Å². The summed E-state index contributed by atoms with van der Waals surface area (Å²) in [5.74, 6) is -0.376. The van der Waals surface area contributed by atoms with Crippen LogP contribution in [0.25, 0.3) is 10.2 Å². The third-order valence-electron chi connectivity index (χ3n) is 4.65. The van der Waals surface area contributed by atoms with E-state index >= 15 is 0 Å². The number of aromatic nitrogens is 1. The maximum Gasteiger partial charge on any atom is 0.260 e. The molecule has 1 aromatic heterocycles. The van der Waals surface area contributed by atoms with Gasteiger partial charge >= 0.3 is 0 Å². The molecule has 0 N–H and O–H groups in total. The van der Waals surface area contributed by atoms with Crippen molar-refractivity contribution >= 4 is 45.0 Å². The lowest BCUT2D eigenvalue weighted by Crippen LogP contribution is -2.38. The Balaban J connectivity index is 0.00000280. The lowest BCUT2D eigenvalue weighted by Gasteiger charge is -2.24. The predicted octanol–water partition coefficient (Wildman–Crippen LogP) is 5.15. The Hall–Kier alpha value is -2.02. The van der Waals surface area contributed by atoms with Crippen molar-refractivity contribution in [2.75, 3.05) is 31.1 Å². The highest BCUT2D eigenvalue weighted by Crippen LogP contribution is 2.30. The molecule has 2 aromatic carbocycles. The molecule has 0 fully saturated rings. The zero-order valence-electron chi connectivity index (χ0n) is 16.3. The van der Waals surface area contributed by atoms with Gasteiger partial charge in [-0.2, -0.15) is 0 Å². The monoisotopic (exact) mass is 421 g/mol. The smallest absolute Gasteiger partial charge is 0.260 e. The molecule has 0 aliphatic rings. The van der Waals surface area contributed by atoms with Crippen molar-refractivity contribution in [1.29, 1.82) is 0 Å². The van der Waals surface area contributed by atoms with Gasteiger partial charge in [-0.3, -0.25) is 9.69 Å². The van der Waals surface area contributed by atoms with Gasteiger partial charge in [-0.1, -0.05) is 42.9 Å². The van der Waals surface area contributed by atoms with Crippen molar-refractivity contribution in [2.24, 2.45) is 0 Å². The van der Waals surface area contributed by atoms with Gasteiger partial charge in [0.25, 0.3) is 5.91 Å². The minimum atomic E-state index is -0.294. The van der Waals surface area contributed by atoms with Crippen LogP contribution in [0.3, 0.4) is 0 Å². The van der Waals surface area contributed by atoms with Crippen molar-refractivity contribution in [3.05, 3.63) is 59.4 Å². The number of likely N-dealkylation sites (N-methyl/N-ethyl adjacent to an activating group) is 1. The van der Waals surface area contributed by atoms with Crippen molar-refractivity contribution < 1.29 is 9.18 Å².